The van der Waals surface area contributed by atoms with Crippen LogP contribution in [0, 0.1) is 13.8 Å². The molecule has 0 spiro atoms. The summed E-state index contributed by atoms with van der Waals surface area (Å²) in [7, 11) is 0. The first-order valence-corrected chi connectivity index (χ1v) is 6.84. The highest BCUT2D eigenvalue weighted by molar-refractivity contribution is 9.10. The predicted octanol–water partition coefficient (Wildman–Crippen LogP) is 4.37. The molecule has 0 saturated heterocycles. The van der Waals surface area contributed by atoms with E-state index < -0.39 is 0 Å². The Morgan fingerprint density at radius 3 is 2.84 bits per heavy atom. The number of nitrogens with zero attached hydrogens (tertiary/aromatic N) is 1. The minimum atomic E-state index is -0.201. The van der Waals surface area contributed by atoms with E-state index in [1.165, 1.54) is 0 Å². The second kappa shape index (κ2) is 5.72. The Bertz CT molecular complexity index is 643. The Kier molecular flexibility index (Phi) is 4.22. The quantitative estimate of drug-likeness (QED) is 0.826. The van der Waals surface area contributed by atoms with Gasteiger partial charge in [0.2, 0.25) is 0 Å². The number of amides is 1. The predicted molar refractivity (Wildman–Crippen MR) is 80.8 cm³/mol. The summed E-state index contributed by atoms with van der Waals surface area (Å²) < 4.78 is 0.897. The number of carbonyl (C=O) groups excluding carboxylic acids is 1. The zero-order chi connectivity index (χ0) is 14.0. The molecule has 0 bridgehead atoms. The van der Waals surface area contributed by atoms with Gasteiger partial charge in [-0.3, -0.25) is 4.79 Å². The van der Waals surface area contributed by atoms with Gasteiger partial charge in [0.1, 0.15) is 0 Å². The van der Waals surface area contributed by atoms with Crippen molar-refractivity contribution >= 4 is 39.1 Å². The summed E-state index contributed by atoms with van der Waals surface area (Å²) in [6.07, 6.45) is 1.66. The van der Waals surface area contributed by atoms with Crippen LogP contribution in [0.25, 0.3) is 0 Å². The van der Waals surface area contributed by atoms with Gasteiger partial charge in [-0.1, -0.05) is 33.6 Å². The fraction of sp³-hybridized carbons (Fsp3) is 0.143. The monoisotopic (exact) mass is 338 g/mol. The highest BCUT2D eigenvalue weighted by atomic mass is 79.9. The van der Waals surface area contributed by atoms with Crippen LogP contribution in [0.15, 0.2) is 34.9 Å². The molecule has 0 aliphatic heterocycles. The van der Waals surface area contributed by atoms with Crippen molar-refractivity contribution in [3.63, 3.8) is 0 Å². The van der Waals surface area contributed by atoms with Crippen molar-refractivity contribution in [1.82, 2.24) is 4.98 Å². The van der Waals surface area contributed by atoms with Crippen molar-refractivity contribution in [2.45, 2.75) is 13.8 Å². The molecule has 98 valence electrons. The summed E-state index contributed by atoms with van der Waals surface area (Å²) in [6.45, 7) is 3.78. The van der Waals surface area contributed by atoms with E-state index >= 15 is 0 Å². The van der Waals surface area contributed by atoms with Crippen LogP contribution in [0.1, 0.15) is 21.5 Å². The van der Waals surface area contributed by atoms with Gasteiger partial charge in [0.05, 0.1) is 5.69 Å². The lowest BCUT2D eigenvalue weighted by atomic mass is 10.1. The van der Waals surface area contributed by atoms with Gasteiger partial charge in [0.25, 0.3) is 5.91 Å². The molecule has 0 saturated carbocycles. The molecule has 1 heterocycles. The molecule has 0 radical (unpaired) electrons. The molecule has 19 heavy (non-hydrogen) atoms. The largest absolute Gasteiger partial charge is 0.319 e. The van der Waals surface area contributed by atoms with Crippen molar-refractivity contribution in [1.29, 1.82) is 0 Å². The molecule has 1 aromatic heterocycles. The van der Waals surface area contributed by atoms with Crippen LogP contribution in [0.2, 0.25) is 5.15 Å². The third-order valence-corrected chi connectivity index (χ3v) is 3.90. The molecule has 2 rings (SSSR count). The topological polar surface area (TPSA) is 42.0 Å². The zero-order valence-corrected chi connectivity index (χ0v) is 12.8. The number of carbonyl (C=O) groups is 1. The fourth-order valence-corrected chi connectivity index (χ4v) is 2.20. The SMILES string of the molecule is Cc1cnc(Cl)c(NC(=O)c2cccc(Br)c2C)c1. The summed E-state index contributed by atoms with van der Waals surface area (Å²) in [4.78, 5) is 16.2. The number of anilines is 1. The van der Waals surface area contributed by atoms with E-state index in [1.807, 2.05) is 26.0 Å². The zero-order valence-electron chi connectivity index (χ0n) is 10.5. The molecule has 5 heteroatoms. The van der Waals surface area contributed by atoms with E-state index in [2.05, 4.69) is 26.2 Å². The van der Waals surface area contributed by atoms with Gasteiger partial charge < -0.3 is 5.32 Å². The summed E-state index contributed by atoms with van der Waals surface area (Å²) >= 11 is 9.37. The van der Waals surface area contributed by atoms with E-state index in [0.717, 1.165) is 15.6 Å². The number of hydrogen-bond acceptors (Lipinski definition) is 2. The van der Waals surface area contributed by atoms with Gasteiger partial charge >= 0.3 is 0 Å². The summed E-state index contributed by atoms with van der Waals surface area (Å²) in [5.74, 6) is -0.201. The first kappa shape index (κ1) is 14.0. The molecular formula is C14H12BrClN2O. The van der Waals surface area contributed by atoms with Crippen LogP contribution < -0.4 is 5.32 Å². The molecule has 1 amide bonds. The van der Waals surface area contributed by atoms with Gasteiger partial charge in [0.15, 0.2) is 5.15 Å². The molecule has 0 aliphatic carbocycles. The third kappa shape index (κ3) is 3.14. The molecule has 1 N–H and O–H groups in total. The Morgan fingerprint density at radius 1 is 1.37 bits per heavy atom. The fourth-order valence-electron chi connectivity index (χ4n) is 1.68. The van der Waals surface area contributed by atoms with Crippen LogP contribution >= 0.6 is 27.5 Å². The smallest absolute Gasteiger partial charge is 0.256 e. The highest BCUT2D eigenvalue weighted by Crippen LogP contribution is 2.23. The second-order valence-corrected chi connectivity index (χ2v) is 5.43. The molecule has 2 aromatic rings. The molecule has 1 aromatic carbocycles. The Hall–Kier alpha value is -1.39. The lowest BCUT2D eigenvalue weighted by Crippen LogP contribution is -2.14. The summed E-state index contributed by atoms with van der Waals surface area (Å²) in [6, 6.07) is 7.28. The van der Waals surface area contributed by atoms with Crippen LogP contribution in [0.4, 0.5) is 5.69 Å². The van der Waals surface area contributed by atoms with E-state index in [1.54, 1.807) is 18.3 Å². The average Bonchev–Trinajstić information content (AvgIpc) is 2.37. The number of aromatic nitrogens is 1. The normalized spacial score (nSPS) is 10.3. The van der Waals surface area contributed by atoms with Gasteiger partial charge in [-0.15, -0.1) is 0 Å². The highest BCUT2D eigenvalue weighted by Gasteiger charge is 2.12. The lowest BCUT2D eigenvalue weighted by molar-refractivity contribution is 0.102. The first-order valence-electron chi connectivity index (χ1n) is 5.67. The maximum absolute atomic E-state index is 12.2. The number of benzene rings is 1. The number of halogens is 2. The maximum atomic E-state index is 12.2. The summed E-state index contributed by atoms with van der Waals surface area (Å²) in [5.41, 5.74) is 2.94. The minimum Gasteiger partial charge on any atom is -0.319 e. The number of rotatable bonds is 2. The minimum absolute atomic E-state index is 0.201. The number of pyridine rings is 1. The number of hydrogen-bond donors (Lipinski definition) is 1. The standard InChI is InChI=1S/C14H12BrClN2O/c1-8-6-12(13(16)17-7-8)18-14(19)10-4-3-5-11(15)9(10)2/h3-7H,1-2H3,(H,18,19). The average molecular weight is 340 g/mol. The number of nitrogens with one attached hydrogen (secondary N) is 1. The maximum Gasteiger partial charge on any atom is 0.256 e. The first-order chi connectivity index (χ1) is 8.99. The molecule has 0 unspecified atom stereocenters. The van der Waals surface area contributed by atoms with Crippen LogP contribution in [-0.4, -0.2) is 10.9 Å². The Labute approximate surface area is 125 Å². The van der Waals surface area contributed by atoms with E-state index in [4.69, 9.17) is 11.6 Å². The third-order valence-electron chi connectivity index (χ3n) is 2.74. The van der Waals surface area contributed by atoms with Gasteiger partial charge in [0, 0.05) is 16.2 Å². The van der Waals surface area contributed by atoms with Crippen molar-refractivity contribution in [3.05, 3.63) is 56.8 Å². The van der Waals surface area contributed by atoms with Crippen molar-refractivity contribution in [2.24, 2.45) is 0 Å². The van der Waals surface area contributed by atoms with E-state index in [9.17, 15) is 4.79 Å². The Balaban J connectivity index is 2.31. The number of aryl methyl sites for hydroxylation is 1. The van der Waals surface area contributed by atoms with Crippen LogP contribution in [0.5, 0.6) is 0 Å². The van der Waals surface area contributed by atoms with Crippen molar-refractivity contribution < 1.29 is 4.79 Å². The molecule has 0 aliphatic rings. The van der Waals surface area contributed by atoms with E-state index in [-0.39, 0.29) is 11.1 Å². The van der Waals surface area contributed by atoms with Crippen LogP contribution in [-0.2, 0) is 0 Å². The van der Waals surface area contributed by atoms with E-state index in [0.29, 0.717) is 11.3 Å². The molecular weight excluding hydrogens is 328 g/mol. The molecule has 0 atom stereocenters. The molecule has 0 fully saturated rings. The van der Waals surface area contributed by atoms with Crippen LogP contribution in [0.3, 0.4) is 0 Å². The van der Waals surface area contributed by atoms with Gasteiger partial charge in [-0.25, -0.2) is 4.98 Å². The van der Waals surface area contributed by atoms with Crippen molar-refractivity contribution in [2.75, 3.05) is 5.32 Å². The Morgan fingerprint density at radius 2 is 2.11 bits per heavy atom. The lowest BCUT2D eigenvalue weighted by Gasteiger charge is -2.10. The summed E-state index contributed by atoms with van der Waals surface area (Å²) in [5, 5.41) is 3.07. The molecule has 3 nitrogen and oxygen atoms in total. The van der Waals surface area contributed by atoms with Gasteiger partial charge in [-0.2, -0.15) is 0 Å². The van der Waals surface area contributed by atoms with Gasteiger partial charge in [-0.05, 0) is 43.2 Å². The second-order valence-electron chi connectivity index (χ2n) is 4.22. The van der Waals surface area contributed by atoms with Crippen molar-refractivity contribution in [3.8, 4) is 0 Å².